The van der Waals surface area contributed by atoms with Gasteiger partial charge in [0.2, 0.25) is 0 Å². The molecule has 0 heterocycles. The predicted octanol–water partition coefficient (Wildman–Crippen LogP) is 0.779. The topological polar surface area (TPSA) is 75.5 Å². The summed E-state index contributed by atoms with van der Waals surface area (Å²) >= 11 is 0. The molecule has 1 atom stereocenters. The van der Waals surface area contributed by atoms with Crippen molar-refractivity contribution in [1.29, 1.82) is 0 Å². The van der Waals surface area contributed by atoms with Crippen molar-refractivity contribution in [3.63, 3.8) is 0 Å². The predicted molar refractivity (Wildman–Crippen MR) is 58.9 cm³/mol. The Morgan fingerprint density at radius 2 is 2.07 bits per heavy atom. The van der Waals surface area contributed by atoms with Gasteiger partial charge >= 0.3 is 0 Å². The molecule has 0 bridgehead atoms. The Labute approximate surface area is 86.5 Å². The van der Waals surface area contributed by atoms with Gasteiger partial charge in [-0.3, -0.25) is 0 Å². The van der Waals surface area contributed by atoms with E-state index in [1.807, 2.05) is 6.92 Å². The third-order valence-corrected chi connectivity index (χ3v) is 2.04. The van der Waals surface area contributed by atoms with E-state index in [-0.39, 0.29) is 6.10 Å². The lowest BCUT2D eigenvalue weighted by Crippen LogP contribution is -2.35. The fraction of sp³-hybridized carbons (Fsp3) is 0.800. The van der Waals surface area contributed by atoms with Gasteiger partial charge in [0.15, 0.2) is 0 Å². The molecule has 0 rings (SSSR count). The molecule has 0 saturated carbocycles. The molecule has 0 aromatic rings. The van der Waals surface area contributed by atoms with Gasteiger partial charge < -0.3 is 15.8 Å². The molecule has 0 aromatic carbocycles. The standard InChI is InChI=1S/C10H23N3O/c1-4-10(14)5-9(6-11)13(12)7-8(2)3/h6,8,10,14H,4-5,7,11-12H2,1-3H3/b9-6-. The Bertz CT molecular complexity index is 180. The zero-order valence-electron chi connectivity index (χ0n) is 9.40. The number of nitrogens with zero attached hydrogens (tertiary/aromatic N) is 1. The summed E-state index contributed by atoms with van der Waals surface area (Å²) in [5, 5.41) is 11.1. The first kappa shape index (κ1) is 13.3. The van der Waals surface area contributed by atoms with Crippen LogP contribution in [-0.2, 0) is 0 Å². The SMILES string of the molecule is CCC(O)C/C(=C/N)N(N)CC(C)C. The fourth-order valence-corrected chi connectivity index (χ4v) is 1.18. The molecule has 0 spiro atoms. The molecule has 0 fully saturated rings. The van der Waals surface area contributed by atoms with Crippen LogP contribution >= 0.6 is 0 Å². The van der Waals surface area contributed by atoms with Crippen LogP contribution in [0.15, 0.2) is 11.9 Å². The maximum atomic E-state index is 9.46. The minimum Gasteiger partial charge on any atom is -0.403 e. The zero-order valence-corrected chi connectivity index (χ0v) is 9.40. The number of hydrazine groups is 1. The molecular formula is C10H23N3O. The van der Waals surface area contributed by atoms with Crippen molar-refractivity contribution >= 4 is 0 Å². The zero-order chi connectivity index (χ0) is 11.1. The van der Waals surface area contributed by atoms with E-state index in [2.05, 4.69) is 13.8 Å². The average Bonchev–Trinajstić information content (AvgIpc) is 2.12. The number of rotatable bonds is 6. The summed E-state index contributed by atoms with van der Waals surface area (Å²) in [6.07, 6.45) is 2.35. The van der Waals surface area contributed by atoms with Gasteiger partial charge in [-0.1, -0.05) is 20.8 Å². The lowest BCUT2D eigenvalue weighted by molar-refractivity contribution is 0.155. The highest BCUT2D eigenvalue weighted by Gasteiger charge is 2.11. The number of nitrogens with two attached hydrogens (primary N) is 2. The van der Waals surface area contributed by atoms with Crippen LogP contribution in [0.4, 0.5) is 0 Å². The average molecular weight is 201 g/mol. The summed E-state index contributed by atoms with van der Waals surface area (Å²) in [5.74, 6) is 6.29. The van der Waals surface area contributed by atoms with E-state index in [1.54, 1.807) is 5.01 Å². The minimum absolute atomic E-state index is 0.358. The number of aliphatic hydroxyl groups is 1. The van der Waals surface area contributed by atoms with Crippen LogP contribution in [0.2, 0.25) is 0 Å². The molecule has 4 nitrogen and oxygen atoms in total. The first-order chi connectivity index (χ1) is 6.51. The van der Waals surface area contributed by atoms with Crippen LogP contribution in [0.1, 0.15) is 33.6 Å². The quantitative estimate of drug-likeness (QED) is 0.438. The van der Waals surface area contributed by atoms with E-state index < -0.39 is 0 Å². The molecule has 0 aliphatic rings. The van der Waals surface area contributed by atoms with Crippen LogP contribution in [0.25, 0.3) is 0 Å². The number of aliphatic hydroxyl groups excluding tert-OH is 1. The lowest BCUT2D eigenvalue weighted by Gasteiger charge is -2.24. The maximum Gasteiger partial charge on any atom is 0.0593 e. The van der Waals surface area contributed by atoms with Crippen molar-refractivity contribution in [3.8, 4) is 0 Å². The van der Waals surface area contributed by atoms with Crippen molar-refractivity contribution in [1.82, 2.24) is 5.01 Å². The van der Waals surface area contributed by atoms with E-state index in [1.165, 1.54) is 6.20 Å². The summed E-state index contributed by atoms with van der Waals surface area (Å²) in [6, 6.07) is 0. The van der Waals surface area contributed by atoms with E-state index in [0.717, 1.165) is 12.2 Å². The molecule has 4 heteroatoms. The highest BCUT2D eigenvalue weighted by Crippen LogP contribution is 2.10. The molecule has 0 amide bonds. The first-order valence-electron chi connectivity index (χ1n) is 5.12. The summed E-state index contributed by atoms with van der Waals surface area (Å²) in [4.78, 5) is 0. The first-order valence-corrected chi connectivity index (χ1v) is 5.12. The van der Waals surface area contributed by atoms with Gasteiger partial charge in [0.1, 0.15) is 0 Å². The van der Waals surface area contributed by atoms with E-state index >= 15 is 0 Å². The Balaban J connectivity index is 4.14. The van der Waals surface area contributed by atoms with Gasteiger partial charge in [-0.05, 0) is 12.3 Å². The second-order valence-electron chi connectivity index (χ2n) is 3.97. The van der Waals surface area contributed by atoms with Gasteiger partial charge in [0.05, 0.1) is 6.10 Å². The Hall–Kier alpha value is -0.740. The van der Waals surface area contributed by atoms with Gasteiger partial charge in [0, 0.05) is 24.9 Å². The van der Waals surface area contributed by atoms with Crippen molar-refractivity contribution in [2.75, 3.05) is 6.54 Å². The lowest BCUT2D eigenvalue weighted by atomic mass is 10.1. The molecule has 0 aromatic heterocycles. The van der Waals surface area contributed by atoms with Gasteiger partial charge in [-0.2, -0.15) is 0 Å². The largest absolute Gasteiger partial charge is 0.403 e. The molecule has 84 valence electrons. The second kappa shape index (κ2) is 6.68. The molecule has 0 radical (unpaired) electrons. The molecule has 0 aliphatic carbocycles. The van der Waals surface area contributed by atoms with E-state index in [0.29, 0.717) is 18.8 Å². The van der Waals surface area contributed by atoms with Crippen molar-refractivity contribution < 1.29 is 5.11 Å². The summed E-state index contributed by atoms with van der Waals surface area (Å²) in [7, 11) is 0. The third-order valence-electron chi connectivity index (χ3n) is 2.04. The minimum atomic E-state index is -0.358. The number of hydrogen-bond acceptors (Lipinski definition) is 4. The molecule has 1 unspecified atom stereocenters. The van der Waals surface area contributed by atoms with Gasteiger partial charge in [-0.15, -0.1) is 0 Å². The molecule has 5 N–H and O–H groups in total. The smallest absolute Gasteiger partial charge is 0.0593 e. The van der Waals surface area contributed by atoms with Crippen LogP contribution in [0.5, 0.6) is 0 Å². The van der Waals surface area contributed by atoms with Crippen molar-refractivity contribution in [2.45, 2.75) is 39.7 Å². The van der Waals surface area contributed by atoms with Crippen LogP contribution in [-0.4, -0.2) is 22.8 Å². The van der Waals surface area contributed by atoms with E-state index in [9.17, 15) is 5.11 Å². The summed E-state index contributed by atoms with van der Waals surface area (Å²) < 4.78 is 0. The van der Waals surface area contributed by atoms with Crippen LogP contribution < -0.4 is 11.6 Å². The molecular weight excluding hydrogens is 178 g/mol. The fourth-order valence-electron chi connectivity index (χ4n) is 1.18. The summed E-state index contributed by atoms with van der Waals surface area (Å²) in [6.45, 7) is 6.86. The monoisotopic (exact) mass is 201 g/mol. The Kier molecular flexibility index (Phi) is 6.32. The third kappa shape index (κ3) is 5.09. The van der Waals surface area contributed by atoms with Crippen molar-refractivity contribution in [3.05, 3.63) is 11.9 Å². The number of hydrogen-bond donors (Lipinski definition) is 3. The Morgan fingerprint density at radius 1 is 1.50 bits per heavy atom. The van der Waals surface area contributed by atoms with Gasteiger partial charge in [-0.25, -0.2) is 5.84 Å². The van der Waals surface area contributed by atoms with Crippen LogP contribution in [0.3, 0.4) is 0 Å². The van der Waals surface area contributed by atoms with Crippen molar-refractivity contribution in [2.24, 2.45) is 17.5 Å². The molecule has 0 saturated heterocycles. The normalized spacial score (nSPS) is 14.6. The summed E-state index contributed by atoms with van der Waals surface area (Å²) in [5.41, 5.74) is 6.26. The molecule has 14 heavy (non-hydrogen) atoms. The Morgan fingerprint density at radius 3 is 2.43 bits per heavy atom. The van der Waals surface area contributed by atoms with Crippen LogP contribution in [0, 0.1) is 5.92 Å². The maximum absolute atomic E-state index is 9.46. The van der Waals surface area contributed by atoms with E-state index in [4.69, 9.17) is 11.6 Å². The molecule has 0 aliphatic heterocycles. The highest BCUT2D eigenvalue weighted by molar-refractivity contribution is 4.98. The highest BCUT2D eigenvalue weighted by atomic mass is 16.3. The van der Waals surface area contributed by atoms with Gasteiger partial charge in [0.25, 0.3) is 0 Å². The second-order valence-corrected chi connectivity index (χ2v) is 3.97.